The largest absolute Gasteiger partial charge is 0.492 e. The summed E-state index contributed by atoms with van der Waals surface area (Å²) in [7, 11) is 4.13. The number of aromatic nitrogens is 1. The second-order valence-electron chi connectivity index (χ2n) is 3.77. The Morgan fingerprint density at radius 2 is 2.20 bits per heavy atom. The molecular formula is C11H17ClN2O. The molecule has 0 bridgehead atoms. The number of hydrogen-bond acceptors (Lipinski definition) is 3. The SMILES string of the molecule is CC(CCOc1ccc(Cl)nc1)N(C)C. The molecular weight excluding hydrogens is 212 g/mol. The van der Waals surface area contributed by atoms with Gasteiger partial charge in [0.15, 0.2) is 0 Å². The maximum absolute atomic E-state index is 5.66. The second kappa shape index (κ2) is 5.93. The predicted octanol–water partition coefficient (Wildman–Crippen LogP) is 2.45. The van der Waals surface area contributed by atoms with Gasteiger partial charge in [-0.15, -0.1) is 0 Å². The molecule has 0 N–H and O–H groups in total. The van der Waals surface area contributed by atoms with Gasteiger partial charge in [0.05, 0.1) is 12.8 Å². The van der Waals surface area contributed by atoms with Crippen LogP contribution in [0.25, 0.3) is 0 Å². The van der Waals surface area contributed by atoms with Gasteiger partial charge in [-0.05, 0) is 39.6 Å². The molecule has 15 heavy (non-hydrogen) atoms. The zero-order chi connectivity index (χ0) is 11.3. The summed E-state index contributed by atoms with van der Waals surface area (Å²) in [6.45, 7) is 2.87. The molecule has 3 nitrogen and oxygen atoms in total. The summed E-state index contributed by atoms with van der Waals surface area (Å²) in [4.78, 5) is 6.11. The second-order valence-corrected chi connectivity index (χ2v) is 4.15. The van der Waals surface area contributed by atoms with E-state index in [-0.39, 0.29) is 0 Å². The fourth-order valence-electron chi connectivity index (χ4n) is 1.05. The van der Waals surface area contributed by atoms with Crippen molar-refractivity contribution < 1.29 is 4.74 Å². The molecule has 0 aliphatic heterocycles. The third-order valence-electron chi connectivity index (χ3n) is 2.39. The van der Waals surface area contributed by atoms with Crippen molar-refractivity contribution in [2.45, 2.75) is 19.4 Å². The quantitative estimate of drug-likeness (QED) is 0.724. The highest BCUT2D eigenvalue weighted by molar-refractivity contribution is 6.29. The molecule has 1 rings (SSSR count). The van der Waals surface area contributed by atoms with Gasteiger partial charge in [0, 0.05) is 6.04 Å². The highest BCUT2D eigenvalue weighted by atomic mass is 35.5. The Kier molecular flexibility index (Phi) is 4.85. The zero-order valence-corrected chi connectivity index (χ0v) is 10.2. The van der Waals surface area contributed by atoms with Gasteiger partial charge >= 0.3 is 0 Å². The summed E-state index contributed by atoms with van der Waals surface area (Å²) in [5.41, 5.74) is 0. The van der Waals surface area contributed by atoms with Crippen LogP contribution < -0.4 is 4.74 Å². The van der Waals surface area contributed by atoms with Crippen molar-refractivity contribution in [1.82, 2.24) is 9.88 Å². The number of ether oxygens (including phenoxy) is 1. The van der Waals surface area contributed by atoms with Crippen LogP contribution in [0.5, 0.6) is 5.75 Å². The summed E-state index contributed by atoms with van der Waals surface area (Å²) >= 11 is 5.66. The van der Waals surface area contributed by atoms with Crippen molar-refractivity contribution in [1.29, 1.82) is 0 Å². The molecule has 0 aliphatic carbocycles. The van der Waals surface area contributed by atoms with Gasteiger partial charge in [0.2, 0.25) is 0 Å². The summed E-state index contributed by atoms with van der Waals surface area (Å²) in [6, 6.07) is 4.08. The van der Waals surface area contributed by atoms with Gasteiger partial charge in [0.25, 0.3) is 0 Å². The van der Waals surface area contributed by atoms with Crippen LogP contribution in [0.2, 0.25) is 5.15 Å². The lowest BCUT2D eigenvalue weighted by molar-refractivity contribution is 0.233. The third kappa shape index (κ3) is 4.49. The van der Waals surface area contributed by atoms with Crippen LogP contribution in [0, 0.1) is 0 Å². The van der Waals surface area contributed by atoms with E-state index < -0.39 is 0 Å². The normalized spacial score (nSPS) is 12.9. The molecule has 0 aromatic carbocycles. The number of halogens is 1. The van der Waals surface area contributed by atoms with Gasteiger partial charge in [0.1, 0.15) is 10.9 Å². The summed E-state index contributed by atoms with van der Waals surface area (Å²) in [6.07, 6.45) is 2.64. The monoisotopic (exact) mass is 228 g/mol. The number of rotatable bonds is 5. The first-order valence-electron chi connectivity index (χ1n) is 5.00. The molecule has 1 atom stereocenters. The van der Waals surface area contributed by atoms with E-state index in [9.17, 15) is 0 Å². The number of pyridine rings is 1. The van der Waals surface area contributed by atoms with E-state index in [1.807, 2.05) is 6.07 Å². The van der Waals surface area contributed by atoms with E-state index >= 15 is 0 Å². The molecule has 1 unspecified atom stereocenters. The Morgan fingerprint density at radius 1 is 1.47 bits per heavy atom. The molecule has 0 fully saturated rings. The van der Waals surface area contributed by atoms with Crippen molar-refractivity contribution in [3.8, 4) is 5.75 Å². The average Bonchev–Trinajstić information content (AvgIpc) is 2.20. The minimum Gasteiger partial charge on any atom is -0.492 e. The van der Waals surface area contributed by atoms with Gasteiger partial charge in [-0.1, -0.05) is 11.6 Å². The van der Waals surface area contributed by atoms with Crippen molar-refractivity contribution in [3.05, 3.63) is 23.5 Å². The molecule has 1 aromatic rings. The molecule has 0 saturated carbocycles. The van der Waals surface area contributed by atoms with Crippen LogP contribution in [0.3, 0.4) is 0 Å². The fourth-order valence-corrected chi connectivity index (χ4v) is 1.16. The zero-order valence-electron chi connectivity index (χ0n) is 9.40. The Balaban J connectivity index is 2.29. The molecule has 0 spiro atoms. The van der Waals surface area contributed by atoms with Crippen LogP contribution in [0.4, 0.5) is 0 Å². The van der Waals surface area contributed by atoms with Crippen LogP contribution in [0.1, 0.15) is 13.3 Å². The summed E-state index contributed by atoms with van der Waals surface area (Å²) in [5.74, 6) is 0.769. The fraction of sp³-hybridized carbons (Fsp3) is 0.545. The molecule has 0 radical (unpaired) electrons. The van der Waals surface area contributed by atoms with Gasteiger partial charge in [-0.25, -0.2) is 4.98 Å². The van der Waals surface area contributed by atoms with E-state index in [1.54, 1.807) is 12.3 Å². The Bertz CT molecular complexity index is 287. The lowest BCUT2D eigenvalue weighted by Gasteiger charge is -2.19. The lowest BCUT2D eigenvalue weighted by Crippen LogP contribution is -2.26. The van der Waals surface area contributed by atoms with Crippen molar-refractivity contribution >= 4 is 11.6 Å². The van der Waals surface area contributed by atoms with Gasteiger partial charge in [-0.3, -0.25) is 0 Å². The molecule has 4 heteroatoms. The highest BCUT2D eigenvalue weighted by Gasteiger charge is 2.04. The van der Waals surface area contributed by atoms with E-state index in [4.69, 9.17) is 16.3 Å². The maximum Gasteiger partial charge on any atom is 0.137 e. The first-order chi connectivity index (χ1) is 7.09. The standard InChI is InChI=1S/C11H17ClN2O/c1-9(14(2)3)6-7-15-10-4-5-11(12)13-8-10/h4-5,8-9H,6-7H2,1-3H3. The van der Waals surface area contributed by atoms with Gasteiger partial charge in [-0.2, -0.15) is 0 Å². The topological polar surface area (TPSA) is 25.4 Å². The van der Waals surface area contributed by atoms with Crippen LogP contribution in [-0.4, -0.2) is 36.6 Å². The molecule has 1 aromatic heterocycles. The van der Waals surface area contributed by atoms with E-state index in [1.165, 1.54) is 0 Å². The minimum absolute atomic E-state index is 0.490. The van der Waals surface area contributed by atoms with Crippen molar-refractivity contribution in [3.63, 3.8) is 0 Å². The molecule has 0 saturated heterocycles. The smallest absolute Gasteiger partial charge is 0.137 e. The first-order valence-corrected chi connectivity index (χ1v) is 5.38. The van der Waals surface area contributed by atoms with Crippen molar-refractivity contribution in [2.75, 3.05) is 20.7 Å². The summed E-state index contributed by atoms with van der Waals surface area (Å²) < 4.78 is 5.53. The van der Waals surface area contributed by atoms with E-state index in [0.29, 0.717) is 17.8 Å². The third-order valence-corrected chi connectivity index (χ3v) is 2.61. The summed E-state index contributed by atoms with van der Waals surface area (Å²) in [5, 5.41) is 0.490. The molecule has 1 heterocycles. The number of hydrogen-bond donors (Lipinski definition) is 0. The van der Waals surface area contributed by atoms with E-state index in [2.05, 4.69) is 30.9 Å². The van der Waals surface area contributed by atoms with Crippen molar-refractivity contribution in [2.24, 2.45) is 0 Å². The van der Waals surface area contributed by atoms with Crippen LogP contribution in [0.15, 0.2) is 18.3 Å². The first kappa shape index (κ1) is 12.3. The Morgan fingerprint density at radius 3 is 2.73 bits per heavy atom. The molecule has 0 aliphatic rings. The number of nitrogens with zero attached hydrogens (tertiary/aromatic N) is 2. The average molecular weight is 229 g/mol. The maximum atomic E-state index is 5.66. The van der Waals surface area contributed by atoms with Crippen LogP contribution in [-0.2, 0) is 0 Å². The Hall–Kier alpha value is -0.800. The molecule has 84 valence electrons. The van der Waals surface area contributed by atoms with E-state index in [0.717, 1.165) is 12.2 Å². The van der Waals surface area contributed by atoms with Gasteiger partial charge < -0.3 is 9.64 Å². The lowest BCUT2D eigenvalue weighted by atomic mass is 10.2. The van der Waals surface area contributed by atoms with Crippen LogP contribution >= 0.6 is 11.6 Å². The minimum atomic E-state index is 0.490. The molecule has 0 amide bonds. The highest BCUT2D eigenvalue weighted by Crippen LogP contribution is 2.12. The predicted molar refractivity (Wildman–Crippen MR) is 62.5 cm³/mol. The Labute approximate surface area is 96.0 Å².